The maximum Gasteiger partial charge on any atom is 0.328 e. The van der Waals surface area contributed by atoms with Crippen LogP contribution in [0.15, 0.2) is 0 Å². The van der Waals surface area contributed by atoms with Crippen molar-refractivity contribution in [3.63, 3.8) is 0 Å². The van der Waals surface area contributed by atoms with Crippen molar-refractivity contribution < 1.29 is 19.4 Å². The summed E-state index contributed by atoms with van der Waals surface area (Å²) in [5, 5.41) is 11.1. The van der Waals surface area contributed by atoms with Gasteiger partial charge in [-0.2, -0.15) is 0 Å². The van der Waals surface area contributed by atoms with Crippen LogP contribution < -0.4 is 5.32 Å². The number of carbonyl (C=O) groups is 2. The smallest absolute Gasteiger partial charge is 0.328 e. The van der Waals surface area contributed by atoms with Crippen LogP contribution in [0, 0.1) is 5.92 Å². The number of carbonyl (C=O) groups excluding carboxylic acids is 2. The maximum absolute atomic E-state index is 11.4. The third-order valence-corrected chi connectivity index (χ3v) is 1.86. The molecule has 0 saturated heterocycles. The molecule has 1 amide bonds. The highest BCUT2D eigenvalue weighted by atomic mass is 16.5. The molecule has 15 heavy (non-hydrogen) atoms. The predicted molar refractivity (Wildman–Crippen MR) is 55.1 cm³/mol. The van der Waals surface area contributed by atoms with E-state index >= 15 is 0 Å². The van der Waals surface area contributed by atoms with Crippen LogP contribution in [-0.2, 0) is 14.3 Å². The Morgan fingerprint density at radius 3 is 2.40 bits per heavy atom. The second-order valence-corrected chi connectivity index (χ2v) is 3.51. The molecule has 0 fully saturated rings. The molecular formula is C10H19NO4. The molecule has 0 aromatic rings. The van der Waals surface area contributed by atoms with Crippen LogP contribution in [0.5, 0.6) is 0 Å². The van der Waals surface area contributed by atoms with Gasteiger partial charge in [0.05, 0.1) is 13.2 Å². The van der Waals surface area contributed by atoms with Gasteiger partial charge in [-0.1, -0.05) is 13.8 Å². The average molecular weight is 217 g/mol. The first-order chi connectivity index (χ1) is 7.02. The van der Waals surface area contributed by atoms with Gasteiger partial charge in [0.15, 0.2) is 0 Å². The van der Waals surface area contributed by atoms with Crippen molar-refractivity contribution in [3.8, 4) is 0 Å². The first kappa shape index (κ1) is 13.9. The molecule has 0 aliphatic carbocycles. The Kier molecular flexibility index (Phi) is 6.70. The van der Waals surface area contributed by atoms with Crippen molar-refractivity contribution in [2.24, 2.45) is 5.92 Å². The van der Waals surface area contributed by atoms with E-state index in [0.717, 1.165) is 0 Å². The number of hydrogen-bond donors (Lipinski definition) is 2. The number of ether oxygens (including phenoxy) is 1. The minimum atomic E-state index is -0.635. The van der Waals surface area contributed by atoms with E-state index in [0.29, 0.717) is 0 Å². The molecule has 0 unspecified atom stereocenters. The van der Waals surface area contributed by atoms with Gasteiger partial charge in [0.25, 0.3) is 0 Å². The lowest BCUT2D eigenvalue weighted by atomic mass is 10.0. The van der Waals surface area contributed by atoms with Crippen molar-refractivity contribution in [2.45, 2.75) is 33.2 Å². The van der Waals surface area contributed by atoms with E-state index in [9.17, 15) is 9.59 Å². The lowest BCUT2D eigenvalue weighted by Gasteiger charge is -2.20. The van der Waals surface area contributed by atoms with Crippen LogP contribution in [0.1, 0.15) is 27.2 Å². The number of hydrogen-bond acceptors (Lipinski definition) is 4. The van der Waals surface area contributed by atoms with Crippen LogP contribution in [0.3, 0.4) is 0 Å². The molecule has 1 atom stereocenters. The van der Waals surface area contributed by atoms with Gasteiger partial charge >= 0.3 is 5.97 Å². The number of rotatable bonds is 6. The Morgan fingerprint density at radius 2 is 2.00 bits per heavy atom. The number of aliphatic hydroxyl groups excluding tert-OH is 1. The van der Waals surface area contributed by atoms with Crippen molar-refractivity contribution in [3.05, 3.63) is 0 Å². The fourth-order valence-electron chi connectivity index (χ4n) is 1.08. The topological polar surface area (TPSA) is 75.6 Å². The Hall–Kier alpha value is -1.10. The fourth-order valence-corrected chi connectivity index (χ4v) is 1.08. The van der Waals surface area contributed by atoms with E-state index in [1.807, 2.05) is 13.8 Å². The van der Waals surface area contributed by atoms with Crippen LogP contribution in [0.25, 0.3) is 0 Å². The summed E-state index contributed by atoms with van der Waals surface area (Å²) in [5.74, 6) is -0.810. The quantitative estimate of drug-likeness (QED) is 0.617. The molecule has 0 aliphatic heterocycles. The summed E-state index contributed by atoms with van der Waals surface area (Å²) in [6.07, 6.45) is 0.00260. The highest BCUT2D eigenvalue weighted by Gasteiger charge is 2.24. The number of nitrogens with one attached hydrogen (secondary N) is 1. The molecule has 2 N–H and O–H groups in total. The van der Waals surface area contributed by atoms with Gasteiger partial charge in [0, 0.05) is 6.42 Å². The summed E-state index contributed by atoms with van der Waals surface area (Å²) in [6.45, 7) is 5.42. The van der Waals surface area contributed by atoms with E-state index in [-0.39, 0.29) is 31.5 Å². The van der Waals surface area contributed by atoms with E-state index in [2.05, 4.69) is 5.32 Å². The van der Waals surface area contributed by atoms with Crippen molar-refractivity contribution >= 4 is 11.9 Å². The summed E-state index contributed by atoms with van der Waals surface area (Å²) in [7, 11) is 0. The molecule has 0 saturated carbocycles. The van der Waals surface area contributed by atoms with Gasteiger partial charge in [-0.15, -0.1) is 0 Å². The predicted octanol–water partition coefficient (Wildman–Crippen LogP) is 0.0727. The molecule has 5 nitrogen and oxygen atoms in total. The standard InChI is InChI=1S/C10H19NO4/c1-4-15-10(14)9(7(2)3)11-8(13)5-6-12/h7,9,12H,4-6H2,1-3H3,(H,11,13)/t9-/m1/s1. The van der Waals surface area contributed by atoms with Gasteiger partial charge in [-0.25, -0.2) is 4.79 Å². The molecule has 0 heterocycles. The van der Waals surface area contributed by atoms with Crippen LogP contribution in [0.2, 0.25) is 0 Å². The molecule has 0 aromatic heterocycles. The second-order valence-electron chi connectivity index (χ2n) is 3.51. The Morgan fingerprint density at radius 1 is 1.40 bits per heavy atom. The molecule has 0 aromatic carbocycles. The van der Waals surface area contributed by atoms with Crippen LogP contribution in [-0.4, -0.2) is 36.2 Å². The average Bonchev–Trinajstić information content (AvgIpc) is 2.14. The molecule has 5 heteroatoms. The molecule has 0 radical (unpaired) electrons. The van der Waals surface area contributed by atoms with E-state index in [1.165, 1.54) is 0 Å². The highest BCUT2D eigenvalue weighted by Crippen LogP contribution is 2.04. The summed E-state index contributed by atoms with van der Waals surface area (Å²) in [6, 6.07) is -0.635. The zero-order valence-electron chi connectivity index (χ0n) is 9.45. The zero-order valence-corrected chi connectivity index (χ0v) is 9.45. The first-order valence-electron chi connectivity index (χ1n) is 5.09. The van der Waals surface area contributed by atoms with Crippen LogP contribution in [0.4, 0.5) is 0 Å². The Balaban J connectivity index is 4.27. The minimum Gasteiger partial charge on any atom is -0.464 e. The summed E-state index contributed by atoms with van der Waals surface area (Å²) < 4.78 is 4.83. The molecular weight excluding hydrogens is 198 g/mol. The van der Waals surface area contributed by atoms with Gasteiger partial charge < -0.3 is 15.2 Å². The van der Waals surface area contributed by atoms with Gasteiger partial charge in [0.1, 0.15) is 6.04 Å². The van der Waals surface area contributed by atoms with E-state index in [1.54, 1.807) is 6.92 Å². The van der Waals surface area contributed by atoms with Gasteiger partial charge in [-0.05, 0) is 12.8 Å². The van der Waals surface area contributed by atoms with Gasteiger partial charge in [0.2, 0.25) is 5.91 Å². The zero-order chi connectivity index (χ0) is 11.8. The van der Waals surface area contributed by atoms with Crippen LogP contribution >= 0.6 is 0 Å². The molecule has 0 bridgehead atoms. The maximum atomic E-state index is 11.4. The molecule has 0 rings (SSSR count). The highest BCUT2D eigenvalue weighted by molar-refractivity contribution is 5.84. The number of aliphatic hydroxyl groups is 1. The largest absolute Gasteiger partial charge is 0.464 e. The number of amides is 1. The third-order valence-electron chi connectivity index (χ3n) is 1.86. The molecule has 88 valence electrons. The van der Waals surface area contributed by atoms with E-state index < -0.39 is 12.0 Å². The van der Waals surface area contributed by atoms with Crippen molar-refractivity contribution in [1.29, 1.82) is 0 Å². The summed E-state index contributed by atoms with van der Waals surface area (Å²) in [4.78, 5) is 22.6. The fraction of sp³-hybridized carbons (Fsp3) is 0.800. The second kappa shape index (κ2) is 7.23. The van der Waals surface area contributed by atoms with Gasteiger partial charge in [-0.3, -0.25) is 4.79 Å². The number of esters is 1. The monoisotopic (exact) mass is 217 g/mol. The molecule has 0 spiro atoms. The SMILES string of the molecule is CCOC(=O)[C@H](NC(=O)CCO)C(C)C. The molecule has 0 aliphatic rings. The lowest BCUT2D eigenvalue weighted by molar-refractivity contribution is -0.148. The van der Waals surface area contributed by atoms with Crippen molar-refractivity contribution in [2.75, 3.05) is 13.2 Å². The lowest BCUT2D eigenvalue weighted by Crippen LogP contribution is -2.45. The Bertz CT molecular complexity index is 215. The summed E-state index contributed by atoms with van der Waals surface area (Å²) in [5.41, 5.74) is 0. The van der Waals surface area contributed by atoms with Crippen molar-refractivity contribution in [1.82, 2.24) is 5.32 Å². The minimum absolute atomic E-state index is 0.00260. The Labute approximate surface area is 89.8 Å². The van der Waals surface area contributed by atoms with E-state index in [4.69, 9.17) is 9.84 Å². The third kappa shape index (κ3) is 5.37. The first-order valence-corrected chi connectivity index (χ1v) is 5.09. The normalized spacial score (nSPS) is 12.3. The summed E-state index contributed by atoms with van der Waals surface area (Å²) >= 11 is 0.